The second-order valence-electron chi connectivity index (χ2n) is 6.30. The van der Waals surface area contributed by atoms with Crippen molar-refractivity contribution >= 4 is 5.71 Å². The molecule has 0 radical (unpaired) electrons. The van der Waals surface area contributed by atoms with Gasteiger partial charge in [-0.1, -0.05) is 29.9 Å². The first kappa shape index (κ1) is 19.8. The minimum atomic E-state index is 0.410. The van der Waals surface area contributed by atoms with Crippen molar-refractivity contribution < 1.29 is 14.1 Å². The molecule has 0 unspecified atom stereocenters. The van der Waals surface area contributed by atoms with Gasteiger partial charge in [0.05, 0.1) is 18.0 Å². The van der Waals surface area contributed by atoms with Gasteiger partial charge in [0.25, 0.3) is 0 Å². The molecule has 5 heteroatoms. The molecule has 0 spiro atoms. The van der Waals surface area contributed by atoms with Gasteiger partial charge in [-0.05, 0) is 56.9 Å². The van der Waals surface area contributed by atoms with Gasteiger partial charge in [-0.2, -0.15) is 0 Å². The van der Waals surface area contributed by atoms with Crippen LogP contribution in [0.5, 0.6) is 5.75 Å². The molecule has 0 aliphatic rings. The maximum atomic E-state index is 6.02. The summed E-state index contributed by atoms with van der Waals surface area (Å²) in [5, 5.41) is 8.11. The summed E-state index contributed by atoms with van der Waals surface area (Å²) >= 11 is 0. The maximum Gasteiger partial charge on any atom is 0.137 e. The highest BCUT2D eigenvalue weighted by Crippen LogP contribution is 2.26. The molecule has 2 rings (SSSR count). The van der Waals surface area contributed by atoms with Crippen LogP contribution < -0.4 is 4.74 Å². The Labute approximate surface area is 155 Å². The molecule has 0 atom stereocenters. The Morgan fingerprint density at radius 3 is 2.54 bits per heavy atom. The molecule has 140 valence electrons. The Hall–Kier alpha value is -2.56. The predicted octanol–water partition coefficient (Wildman–Crippen LogP) is 4.93. The fourth-order valence-electron chi connectivity index (χ4n) is 2.79. The minimum Gasteiger partial charge on any atom is -0.493 e. The third-order valence-corrected chi connectivity index (χ3v) is 3.99. The van der Waals surface area contributed by atoms with Crippen molar-refractivity contribution in [2.75, 3.05) is 13.2 Å². The van der Waals surface area contributed by atoms with Crippen LogP contribution in [0.1, 0.15) is 47.9 Å². The van der Waals surface area contributed by atoms with Crippen LogP contribution >= 0.6 is 0 Å². The lowest BCUT2D eigenvalue weighted by Crippen LogP contribution is -2.06. The zero-order chi connectivity index (χ0) is 18.9. The Morgan fingerprint density at radius 2 is 1.96 bits per heavy atom. The Balaban J connectivity index is 1.99. The Bertz CT molecular complexity index is 739. The Morgan fingerprint density at radius 1 is 1.23 bits per heavy atom. The van der Waals surface area contributed by atoms with E-state index in [2.05, 4.69) is 49.8 Å². The molecule has 0 N–H and O–H groups in total. The third kappa shape index (κ3) is 5.48. The predicted molar refractivity (Wildman–Crippen MR) is 104 cm³/mol. The van der Waals surface area contributed by atoms with E-state index in [9.17, 15) is 0 Å². The van der Waals surface area contributed by atoms with E-state index in [1.54, 1.807) is 6.08 Å². The van der Waals surface area contributed by atoms with Crippen molar-refractivity contribution in [2.45, 2.75) is 47.0 Å². The molecule has 0 bridgehead atoms. The first-order valence-electron chi connectivity index (χ1n) is 9.01. The molecule has 0 saturated heterocycles. The fourth-order valence-corrected chi connectivity index (χ4v) is 2.79. The number of benzene rings is 1. The van der Waals surface area contributed by atoms with Gasteiger partial charge in [-0.3, -0.25) is 0 Å². The lowest BCUT2D eigenvalue weighted by molar-refractivity contribution is 0.174. The smallest absolute Gasteiger partial charge is 0.137 e. The number of aromatic nitrogens is 1. The minimum absolute atomic E-state index is 0.410. The average molecular weight is 356 g/mol. The number of nitrogens with zero attached hydrogens (tertiary/aromatic N) is 2. The lowest BCUT2D eigenvalue weighted by atomic mass is 10.0. The van der Waals surface area contributed by atoms with Gasteiger partial charge >= 0.3 is 0 Å². The highest BCUT2D eigenvalue weighted by Gasteiger charge is 2.10. The van der Waals surface area contributed by atoms with Gasteiger partial charge in [0.1, 0.15) is 18.1 Å². The van der Waals surface area contributed by atoms with Crippen LogP contribution in [0.25, 0.3) is 0 Å². The quantitative estimate of drug-likeness (QED) is 0.262. The van der Waals surface area contributed by atoms with Gasteiger partial charge < -0.3 is 14.1 Å². The van der Waals surface area contributed by atoms with Gasteiger partial charge in [0.15, 0.2) is 0 Å². The molecule has 1 heterocycles. The number of rotatable bonds is 10. The molecule has 1 aromatic carbocycles. The largest absolute Gasteiger partial charge is 0.493 e. The molecular weight excluding hydrogens is 328 g/mol. The van der Waals surface area contributed by atoms with Crippen LogP contribution in [0.15, 0.2) is 40.5 Å². The van der Waals surface area contributed by atoms with Crippen molar-refractivity contribution in [3.8, 4) is 5.75 Å². The lowest BCUT2D eigenvalue weighted by Gasteiger charge is -2.14. The zero-order valence-electron chi connectivity index (χ0n) is 16.2. The van der Waals surface area contributed by atoms with E-state index < -0.39 is 0 Å². The van der Waals surface area contributed by atoms with Gasteiger partial charge in [-0.15, -0.1) is 0 Å². The Kier molecular flexibility index (Phi) is 7.45. The van der Waals surface area contributed by atoms with E-state index in [-0.39, 0.29) is 0 Å². The summed E-state index contributed by atoms with van der Waals surface area (Å²) in [4.78, 5) is 5.25. The number of hydrogen-bond donors (Lipinski definition) is 0. The van der Waals surface area contributed by atoms with Crippen LogP contribution in [0.4, 0.5) is 0 Å². The summed E-state index contributed by atoms with van der Waals surface area (Å²) in [6, 6.07) is 6.16. The summed E-state index contributed by atoms with van der Waals surface area (Å²) in [6.07, 6.45) is 4.19. The first-order chi connectivity index (χ1) is 12.5. The van der Waals surface area contributed by atoms with E-state index in [4.69, 9.17) is 14.1 Å². The van der Waals surface area contributed by atoms with E-state index in [1.807, 2.05) is 13.0 Å². The first-order valence-corrected chi connectivity index (χ1v) is 9.01. The molecule has 1 aromatic heterocycles. The molecule has 0 saturated carbocycles. The molecule has 0 aliphatic heterocycles. The summed E-state index contributed by atoms with van der Waals surface area (Å²) in [7, 11) is 0. The highest BCUT2D eigenvalue weighted by atomic mass is 16.6. The second kappa shape index (κ2) is 9.80. The van der Waals surface area contributed by atoms with Crippen molar-refractivity contribution in [2.24, 2.45) is 5.16 Å². The van der Waals surface area contributed by atoms with E-state index >= 15 is 0 Å². The number of oxime groups is 1. The highest BCUT2D eigenvalue weighted by molar-refractivity contribution is 6.00. The van der Waals surface area contributed by atoms with E-state index in [0.717, 1.165) is 58.9 Å². The summed E-state index contributed by atoms with van der Waals surface area (Å²) in [6.45, 7) is 12.8. The van der Waals surface area contributed by atoms with Crippen molar-refractivity contribution in [3.05, 3.63) is 59.0 Å². The maximum absolute atomic E-state index is 6.02. The summed E-state index contributed by atoms with van der Waals surface area (Å²) < 4.78 is 11.2. The average Bonchev–Trinajstić information content (AvgIpc) is 3.02. The number of ether oxygens (including phenoxy) is 1. The molecule has 26 heavy (non-hydrogen) atoms. The van der Waals surface area contributed by atoms with Gasteiger partial charge in [-0.25, -0.2) is 0 Å². The monoisotopic (exact) mass is 356 g/mol. The van der Waals surface area contributed by atoms with Crippen molar-refractivity contribution in [1.82, 2.24) is 5.16 Å². The molecular formula is C21H28N2O3. The third-order valence-electron chi connectivity index (χ3n) is 3.99. The zero-order valence-corrected chi connectivity index (χ0v) is 16.2. The van der Waals surface area contributed by atoms with E-state index in [0.29, 0.717) is 13.2 Å². The van der Waals surface area contributed by atoms with Crippen molar-refractivity contribution in [3.63, 3.8) is 0 Å². The normalized spacial score (nSPS) is 11.5. The molecule has 0 aliphatic carbocycles. The van der Waals surface area contributed by atoms with Crippen LogP contribution in [-0.4, -0.2) is 24.1 Å². The van der Waals surface area contributed by atoms with Gasteiger partial charge in [0, 0.05) is 18.1 Å². The van der Waals surface area contributed by atoms with Crippen LogP contribution in [0, 0.1) is 20.8 Å². The van der Waals surface area contributed by atoms with Crippen LogP contribution in [0.2, 0.25) is 0 Å². The van der Waals surface area contributed by atoms with Crippen LogP contribution in [-0.2, 0) is 11.3 Å². The SMILES string of the molecule is C=CCON=C(CC)c1cc(C)c(OCCCc2cc(C)no2)c(C)c1. The molecule has 5 nitrogen and oxygen atoms in total. The topological polar surface area (TPSA) is 56.9 Å². The van der Waals surface area contributed by atoms with E-state index in [1.165, 1.54) is 0 Å². The second-order valence-corrected chi connectivity index (χ2v) is 6.30. The standard InChI is InChI=1S/C21H28N2O3/c1-6-10-25-23-20(7-2)18-12-15(3)21(16(4)13-18)24-11-8-9-19-14-17(5)22-26-19/h6,12-14H,1,7-11H2,2-5H3. The van der Waals surface area contributed by atoms with Crippen molar-refractivity contribution in [1.29, 1.82) is 0 Å². The van der Waals surface area contributed by atoms with Crippen LogP contribution in [0.3, 0.4) is 0 Å². The molecule has 0 amide bonds. The molecule has 2 aromatic rings. The number of aryl methyl sites for hydroxylation is 4. The summed E-state index contributed by atoms with van der Waals surface area (Å²) in [5.41, 5.74) is 5.09. The summed E-state index contributed by atoms with van der Waals surface area (Å²) in [5.74, 6) is 1.84. The van der Waals surface area contributed by atoms with Gasteiger partial charge in [0.2, 0.25) is 0 Å². The number of hydrogen-bond acceptors (Lipinski definition) is 5. The fraction of sp³-hybridized carbons (Fsp3) is 0.429. The molecule has 0 fully saturated rings.